The predicted octanol–water partition coefficient (Wildman–Crippen LogP) is 1.19. The van der Waals surface area contributed by atoms with Crippen molar-refractivity contribution in [3.8, 4) is 0 Å². The Hall–Kier alpha value is -1.18. The van der Waals surface area contributed by atoms with Crippen LogP contribution >= 0.6 is 0 Å². The van der Waals surface area contributed by atoms with E-state index in [0.29, 0.717) is 24.7 Å². The molecule has 0 aromatic heterocycles. The van der Waals surface area contributed by atoms with Gasteiger partial charge in [0.2, 0.25) is 10.0 Å². The molecule has 1 heterocycles. The van der Waals surface area contributed by atoms with Gasteiger partial charge in [0.1, 0.15) is 5.82 Å². The Morgan fingerprint density at radius 2 is 1.81 bits per heavy atom. The quantitative estimate of drug-likeness (QED) is 0.851. The Morgan fingerprint density at radius 1 is 1.19 bits per heavy atom. The topological polar surface area (TPSA) is 66.6 Å². The molecular formula is C14H20FN3O2S. The van der Waals surface area contributed by atoms with Crippen LogP contribution < -0.4 is 5.73 Å². The number of nitrogens with two attached hydrogens (primary N) is 1. The van der Waals surface area contributed by atoms with Gasteiger partial charge in [0.05, 0.1) is 10.6 Å². The lowest BCUT2D eigenvalue weighted by atomic mass is 10.2. The van der Waals surface area contributed by atoms with Crippen LogP contribution in [-0.2, 0) is 10.0 Å². The van der Waals surface area contributed by atoms with Gasteiger partial charge in [0, 0.05) is 32.2 Å². The zero-order valence-electron chi connectivity index (χ0n) is 12.0. The van der Waals surface area contributed by atoms with Gasteiger partial charge in [0.25, 0.3) is 0 Å². The van der Waals surface area contributed by atoms with Crippen molar-refractivity contribution in [1.29, 1.82) is 0 Å². The summed E-state index contributed by atoms with van der Waals surface area (Å²) in [6.07, 6.45) is 2.45. The number of sulfonamides is 1. The average molecular weight is 313 g/mol. The number of nitrogens with zero attached hydrogens (tertiary/aromatic N) is 2. The summed E-state index contributed by atoms with van der Waals surface area (Å²) in [6.45, 7) is 4.08. The van der Waals surface area contributed by atoms with Crippen LogP contribution in [0.3, 0.4) is 0 Å². The molecule has 0 spiro atoms. The van der Waals surface area contributed by atoms with E-state index < -0.39 is 15.8 Å². The number of hydrogen-bond donors (Lipinski definition) is 1. The molecule has 2 fully saturated rings. The fourth-order valence-electron chi connectivity index (χ4n) is 2.83. The Bertz CT molecular complexity index is 650. The van der Waals surface area contributed by atoms with Crippen LogP contribution in [0, 0.1) is 12.7 Å². The van der Waals surface area contributed by atoms with Gasteiger partial charge >= 0.3 is 0 Å². The molecule has 1 aromatic carbocycles. The van der Waals surface area contributed by atoms with Crippen molar-refractivity contribution in [3.63, 3.8) is 0 Å². The van der Waals surface area contributed by atoms with Crippen molar-refractivity contribution in [2.75, 3.05) is 31.9 Å². The molecule has 3 rings (SSSR count). The zero-order valence-corrected chi connectivity index (χ0v) is 12.9. The highest BCUT2D eigenvalue weighted by atomic mass is 32.2. The SMILES string of the molecule is Cc1cc(F)c(N)cc1S(=O)(=O)N1CCN(C2CC2)CC1. The molecule has 0 bridgehead atoms. The smallest absolute Gasteiger partial charge is 0.243 e. The summed E-state index contributed by atoms with van der Waals surface area (Å²) in [7, 11) is -3.60. The van der Waals surface area contributed by atoms with Gasteiger partial charge in [-0.25, -0.2) is 12.8 Å². The molecule has 5 nitrogen and oxygen atoms in total. The summed E-state index contributed by atoms with van der Waals surface area (Å²) in [5.41, 5.74) is 5.79. The molecule has 1 aromatic rings. The Morgan fingerprint density at radius 3 is 2.38 bits per heavy atom. The van der Waals surface area contributed by atoms with E-state index in [9.17, 15) is 12.8 Å². The maximum Gasteiger partial charge on any atom is 0.243 e. The first-order valence-electron chi connectivity index (χ1n) is 7.19. The Kier molecular flexibility index (Phi) is 3.67. The number of hydrogen-bond acceptors (Lipinski definition) is 4. The molecule has 116 valence electrons. The number of halogens is 1. The molecule has 2 N–H and O–H groups in total. The van der Waals surface area contributed by atoms with E-state index in [2.05, 4.69) is 4.90 Å². The van der Waals surface area contributed by atoms with Gasteiger partial charge in [-0.05, 0) is 37.5 Å². The van der Waals surface area contributed by atoms with Crippen LogP contribution in [0.4, 0.5) is 10.1 Å². The normalized spacial score (nSPS) is 21.6. The van der Waals surface area contributed by atoms with Crippen LogP contribution in [0.1, 0.15) is 18.4 Å². The third-order valence-electron chi connectivity index (χ3n) is 4.25. The molecule has 2 aliphatic rings. The number of rotatable bonds is 3. The lowest BCUT2D eigenvalue weighted by Gasteiger charge is -2.34. The fourth-order valence-corrected chi connectivity index (χ4v) is 4.50. The summed E-state index contributed by atoms with van der Waals surface area (Å²) in [6, 6.07) is 3.06. The largest absolute Gasteiger partial charge is 0.396 e. The van der Waals surface area contributed by atoms with E-state index in [4.69, 9.17) is 5.73 Å². The van der Waals surface area contributed by atoms with Crippen molar-refractivity contribution in [1.82, 2.24) is 9.21 Å². The number of piperazine rings is 1. The van der Waals surface area contributed by atoms with Gasteiger partial charge < -0.3 is 5.73 Å². The number of aryl methyl sites for hydroxylation is 1. The van der Waals surface area contributed by atoms with E-state index in [1.807, 2.05) is 0 Å². The molecule has 0 atom stereocenters. The summed E-state index contributed by atoms with van der Waals surface area (Å²) in [4.78, 5) is 2.46. The van der Waals surface area contributed by atoms with Crippen LogP contribution in [0.5, 0.6) is 0 Å². The van der Waals surface area contributed by atoms with Crippen molar-refractivity contribution < 1.29 is 12.8 Å². The molecular weight excluding hydrogens is 293 g/mol. The zero-order chi connectivity index (χ0) is 15.2. The molecule has 7 heteroatoms. The monoisotopic (exact) mass is 313 g/mol. The van der Waals surface area contributed by atoms with E-state index in [0.717, 1.165) is 13.1 Å². The average Bonchev–Trinajstić information content (AvgIpc) is 3.27. The second-order valence-electron chi connectivity index (χ2n) is 5.81. The lowest BCUT2D eigenvalue weighted by Crippen LogP contribution is -2.49. The Labute approximate surface area is 124 Å². The van der Waals surface area contributed by atoms with Crippen molar-refractivity contribution in [2.45, 2.75) is 30.7 Å². The first-order valence-corrected chi connectivity index (χ1v) is 8.63. The van der Waals surface area contributed by atoms with Crippen LogP contribution in [0.15, 0.2) is 17.0 Å². The van der Waals surface area contributed by atoms with Crippen molar-refractivity contribution in [2.24, 2.45) is 0 Å². The second-order valence-corrected chi connectivity index (χ2v) is 7.72. The van der Waals surface area contributed by atoms with Gasteiger partial charge in [0.15, 0.2) is 0 Å². The fraction of sp³-hybridized carbons (Fsp3) is 0.571. The molecule has 0 radical (unpaired) electrons. The minimum Gasteiger partial charge on any atom is -0.396 e. The molecule has 1 aliphatic heterocycles. The lowest BCUT2D eigenvalue weighted by molar-refractivity contribution is 0.180. The van der Waals surface area contributed by atoms with Gasteiger partial charge in [-0.1, -0.05) is 0 Å². The third kappa shape index (κ3) is 2.77. The molecule has 1 aliphatic carbocycles. The highest BCUT2D eigenvalue weighted by molar-refractivity contribution is 7.89. The summed E-state index contributed by atoms with van der Waals surface area (Å²) in [5, 5.41) is 0. The van der Waals surface area contributed by atoms with Crippen LogP contribution in [0.2, 0.25) is 0 Å². The highest BCUT2D eigenvalue weighted by Crippen LogP contribution is 2.29. The third-order valence-corrected chi connectivity index (χ3v) is 6.29. The molecule has 1 saturated heterocycles. The van der Waals surface area contributed by atoms with E-state index in [1.165, 1.54) is 29.3 Å². The molecule has 1 saturated carbocycles. The summed E-state index contributed by atoms with van der Waals surface area (Å²) >= 11 is 0. The molecule has 0 unspecified atom stereocenters. The minimum atomic E-state index is -3.60. The van der Waals surface area contributed by atoms with Crippen LogP contribution in [0.25, 0.3) is 0 Å². The standard InChI is InChI=1S/C14H20FN3O2S/c1-10-8-12(15)13(16)9-14(10)21(19,20)18-6-4-17(5-7-18)11-2-3-11/h8-9,11H,2-7,16H2,1H3. The molecule has 21 heavy (non-hydrogen) atoms. The number of anilines is 1. The van der Waals surface area contributed by atoms with Gasteiger partial charge in [-0.2, -0.15) is 4.31 Å². The van der Waals surface area contributed by atoms with Gasteiger partial charge in [-0.3, -0.25) is 4.90 Å². The highest BCUT2D eigenvalue weighted by Gasteiger charge is 2.35. The summed E-state index contributed by atoms with van der Waals surface area (Å²) in [5.74, 6) is -0.579. The number of benzene rings is 1. The predicted molar refractivity (Wildman–Crippen MR) is 78.9 cm³/mol. The van der Waals surface area contributed by atoms with Crippen molar-refractivity contribution in [3.05, 3.63) is 23.5 Å². The number of nitrogen functional groups attached to an aromatic ring is 1. The maximum absolute atomic E-state index is 13.4. The van der Waals surface area contributed by atoms with Gasteiger partial charge in [-0.15, -0.1) is 0 Å². The van der Waals surface area contributed by atoms with E-state index in [-0.39, 0.29) is 10.6 Å². The van der Waals surface area contributed by atoms with Crippen LogP contribution in [-0.4, -0.2) is 49.8 Å². The van der Waals surface area contributed by atoms with E-state index in [1.54, 1.807) is 6.92 Å². The first kappa shape index (κ1) is 14.7. The first-order chi connectivity index (χ1) is 9.89. The minimum absolute atomic E-state index is 0.112. The summed E-state index contributed by atoms with van der Waals surface area (Å²) < 4.78 is 40.3. The Balaban J connectivity index is 1.82. The van der Waals surface area contributed by atoms with E-state index >= 15 is 0 Å². The second kappa shape index (κ2) is 5.23. The maximum atomic E-state index is 13.4. The molecule has 0 amide bonds. The van der Waals surface area contributed by atoms with Crippen molar-refractivity contribution >= 4 is 15.7 Å².